The highest BCUT2D eigenvalue weighted by atomic mass is 16.5. The molecule has 0 aliphatic carbocycles. The fraction of sp³-hybridized carbons (Fsp3) is 0.267. The molecule has 3 aromatic rings. The number of ether oxygens (including phenoxy) is 3. The van der Waals surface area contributed by atoms with E-state index in [1.54, 1.807) is 0 Å². The summed E-state index contributed by atoms with van der Waals surface area (Å²) in [5.74, 6) is 0.934. The minimum absolute atomic E-state index is 0.171. The van der Waals surface area contributed by atoms with E-state index in [9.17, 15) is 9.59 Å². The normalized spacial score (nSPS) is 11.0. The summed E-state index contributed by atoms with van der Waals surface area (Å²) in [5, 5.41) is 8.08. The molecule has 0 aliphatic rings. The van der Waals surface area contributed by atoms with Gasteiger partial charge in [-0.1, -0.05) is 12.1 Å². The van der Waals surface area contributed by atoms with Gasteiger partial charge in [0, 0.05) is 11.1 Å². The third kappa shape index (κ3) is 9.30. The maximum atomic E-state index is 12.2. The van der Waals surface area contributed by atoms with E-state index in [2.05, 4.69) is 21.1 Å². The Balaban J connectivity index is 1.57. The first-order valence-electron chi connectivity index (χ1n) is 12.4. The van der Waals surface area contributed by atoms with Crippen LogP contribution in [-0.4, -0.2) is 44.6 Å². The van der Waals surface area contributed by atoms with Gasteiger partial charge >= 0.3 is 0 Å². The molecule has 0 saturated heterocycles. The van der Waals surface area contributed by atoms with Crippen molar-refractivity contribution in [3.63, 3.8) is 0 Å². The minimum Gasteiger partial charge on any atom is -0.495 e. The van der Waals surface area contributed by atoms with Crippen molar-refractivity contribution in [3.05, 3.63) is 87.5 Å². The largest absolute Gasteiger partial charge is 0.495 e. The molecular formula is C30H34N4O5. The summed E-state index contributed by atoms with van der Waals surface area (Å²) in [6.45, 7) is 9.43. The molecule has 3 rings (SSSR count). The molecule has 9 nitrogen and oxygen atoms in total. The second-order valence-corrected chi connectivity index (χ2v) is 9.29. The van der Waals surface area contributed by atoms with Crippen molar-refractivity contribution < 1.29 is 23.8 Å². The van der Waals surface area contributed by atoms with E-state index >= 15 is 0 Å². The Morgan fingerprint density at radius 1 is 0.641 bits per heavy atom. The van der Waals surface area contributed by atoms with Crippen LogP contribution >= 0.6 is 0 Å². The smallest absolute Gasteiger partial charge is 0.277 e. The fourth-order valence-electron chi connectivity index (χ4n) is 4.00. The van der Waals surface area contributed by atoms with E-state index in [1.165, 1.54) is 19.5 Å². The highest BCUT2D eigenvalue weighted by molar-refractivity contribution is 5.93. The SMILES string of the molecule is COc1c(/C=N/NC(=O)COc2cc(C)cc(C)c2)cc(C)cc1/C=N/NC(=O)COc1cc(C)cc(C)c1. The van der Waals surface area contributed by atoms with Gasteiger partial charge in [-0.05, 0) is 98.8 Å². The summed E-state index contributed by atoms with van der Waals surface area (Å²) in [6.07, 6.45) is 2.96. The molecule has 0 fully saturated rings. The first-order chi connectivity index (χ1) is 18.6. The summed E-state index contributed by atoms with van der Waals surface area (Å²) in [4.78, 5) is 24.4. The molecule has 2 amide bonds. The molecular weight excluding hydrogens is 496 g/mol. The number of hydrazone groups is 2. The van der Waals surface area contributed by atoms with Crippen molar-refractivity contribution in [2.75, 3.05) is 20.3 Å². The van der Waals surface area contributed by atoms with Crippen molar-refractivity contribution in [2.45, 2.75) is 34.6 Å². The number of amides is 2. The van der Waals surface area contributed by atoms with Gasteiger partial charge < -0.3 is 14.2 Å². The number of carbonyl (C=O) groups excluding carboxylic acids is 2. The zero-order valence-corrected chi connectivity index (χ0v) is 23.1. The standard InChI is InChI=1S/C30H34N4O5/c1-19-7-20(2)12-26(11-19)38-17-28(35)33-31-15-24-9-23(5)10-25(30(24)37-6)16-32-34-29(36)18-39-27-13-21(3)8-22(4)14-27/h7-16H,17-18H2,1-6H3,(H,33,35)(H,34,36)/b31-15+,32-16+. The van der Waals surface area contributed by atoms with Crippen LogP contribution in [0.1, 0.15) is 38.9 Å². The highest BCUT2D eigenvalue weighted by Gasteiger charge is 2.09. The number of rotatable bonds is 11. The third-order valence-corrected chi connectivity index (χ3v) is 5.41. The third-order valence-electron chi connectivity index (χ3n) is 5.41. The zero-order chi connectivity index (χ0) is 28.4. The Labute approximate surface area is 228 Å². The molecule has 0 saturated carbocycles. The number of hydrogen-bond acceptors (Lipinski definition) is 7. The van der Waals surface area contributed by atoms with Gasteiger partial charge in [0.2, 0.25) is 0 Å². The van der Waals surface area contributed by atoms with Crippen LogP contribution in [0.15, 0.2) is 58.7 Å². The lowest BCUT2D eigenvalue weighted by molar-refractivity contribution is -0.123. The number of aryl methyl sites for hydroxylation is 5. The Hall–Kier alpha value is -4.66. The van der Waals surface area contributed by atoms with E-state index < -0.39 is 11.8 Å². The number of carbonyl (C=O) groups is 2. The Bertz CT molecular complexity index is 1260. The molecule has 0 unspecified atom stereocenters. The number of nitrogens with zero attached hydrogens (tertiary/aromatic N) is 2. The molecule has 39 heavy (non-hydrogen) atoms. The van der Waals surface area contributed by atoms with E-state index in [0.717, 1.165) is 27.8 Å². The van der Waals surface area contributed by atoms with Crippen molar-refractivity contribution in [1.82, 2.24) is 10.9 Å². The lowest BCUT2D eigenvalue weighted by Crippen LogP contribution is -2.24. The van der Waals surface area contributed by atoms with Crippen LogP contribution in [0.2, 0.25) is 0 Å². The van der Waals surface area contributed by atoms with Gasteiger partial charge in [-0.15, -0.1) is 0 Å². The van der Waals surface area contributed by atoms with Gasteiger partial charge in [0.05, 0.1) is 19.5 Å². The maximum absolute atomic E-state index is 12.2. The Morgan fingerprint density at radius 3 is 1.36 bits per heavy atom. The molecule has 0 radical (unpaired) electrons. The maximum Gasteiger partial charge on any atom is 0.277 e. The second-order valence-electron chi connectivity index (χ2n) is 9.29. The van der Waals surface area contributed by atoms with E-state index in [4.69, 9.17) is 14.2 Å². The second kappa shape index (κ2) is 13.8. The van der Waals surface area contributed by atoms with Crippen LogP contribution in [0.3, 0.4) is 0 Å². The monoisotopic (exact) mass is 530 g/mol. The first kappa shape index (κ1) is 28.9. The van der Waals surface area contributed by atoms with Crippen LogP contribution in [0, 0.1) is 34.6 Å². The summed E-state index contributed by atoms with van der Waals surface area (Å²) in [7, 11) is 1.52. The van der Waals surface area contributed by atoms with E-state index in [1.807, 2.05) is 83.1 Å². The van der Waals surface area contributed by atoms with E-state index in [0.29, 0.717) is 28.4 Å². The van der Waals surface area contributed by atoms with Gasteiger partial charge in [-0.3, -0.25) is 9.59 Å². The lowest BCUT2D eigenvalue weighted by atomic mass is 10.1. The molecule has 0 bridgehead atoms. The molecule has 0 atom stereocenters. The van der Waals surface area contributed by atoms with Crippen LogP contribution in [0.25, 0.3) is 0 Å². The average Bonchev–Trinajstić information content (AvgIpc) is 2.85. The Kier molecular flexibility index (Phi) is 10.2. The highest BCUT2D eigenvalue weighted by Crippen LogP contribution is 2.23. The van der Waals surface area contributed by atoms with Gasteiger partial charge in [0.25, 0.3) is 11.8 Å². The van der Waals surface area contributed by atoms with Crippen LogP contribution in [0.4, 0.5) is 0 Å². The van der Waals surface area contributed by atoms with Crippen molar-refractivity contribution >= 4 is 24.2 Å². The molecule has 0 aromatic heterocycles. The number of nitrogens with one attached hydrogen (secondary N) is 2. The predicted molar refractivity (Wildman–Crippen MR) is 152 cm³/mol. The van der Waals surface area contributed by atoms with Gasteiger partial charge in [-0.2, -0.15) is 10.2 Å². The van der Waals surface area contributed by atoms with Gasteiger partial charge in [-0.25, -0.2) is 10.9 Å². The quantitative estimate of drug-likeness (QED) is 0.284. The van der Waals surface area contributed by atoms with E-state index in [-0.39, 0.29) is 13.2 Å². The Morgan fingerprint density at radius 2 is 1.00 bits per heavy atom. The molecule has 0 spiro atoms. The minimum atomic E-state index is -0.399. The summed E-state index contributed by atoms with van der Waals surface area (Å²) < 4.78 is 16.7. The number of hydrogen-bond donors (Lipinski definition) is 2. The lowest BCUT2D eigenvalue weighted by Gasteiger charge is -2.10. The summed E-state index contributed by atoms with van der Waals surface area (Å²) >= 11 is 0. The van der Waals surface area contributed by atoms with Crippen LogP contribution in [0.5, 0.6) is 17.2 Å². The topological polar surface area (TPSA) is 111 Å². The molecule has 9 heteroatoms. The van der Waals surface area contributed by atoms with Gasteiger partial charge in [0.15, 0.2) is 13.2 Å². The first-order valence-corrected chi connectivity index (χ1v) is 12.4. The number of methoxy groups -OCH3 is 1. The predicted octanol–water partition coefficient (Wildman–Crippen LogP) is 4.30. The zero-order valence-electron chi connectivity index (χ0n) is 23.1. The van der Waals surface area contributed by atoms with Crippen LogP contribution < -0.4 is 25.1 Å². The summed E-state index contributed by atoms with van der Waals surface area (Å²) in [5.41, 5.74) is 11.3. The fourth-order valence-corrected chi connectivity index (χ4v) is 4.00. The van der Waals surface area contributed by atoms with Crippen molar-refractivity contribution in [3.8, 4) is 17.2 Å². The van der Waals surface area contributed by atoms with Gasteiger partial charge in [0.1, 0.15) is 17.2 Å². The van der Waals surface area contributed by atoms with Crippen molar-refractivity contribution in [1.29, 1.82) is 0 Å². The molecule has 0 aliphatic heterocycles. The van der Waals surface area contributed by atoms with Crippen LogP contribution in [-0.2, 0) is 9.59 Å². The molecule has 204 valence electrons. The number of benzene rings is 3. The molecule has 0 heterocycles. The summed E-state index contributed by atoms with van der Waals surface area (Å²) in [6, 6.07) is 15.2. The van der Waals surface area contributed by atoms with Crippen molar-refractivity contribution in [2.24, 2.45) is 10.2 Å². The average molecular weight is 531 g/mol. The molecule has 3 aromatic carbocycles. The molecule has 2 N–H and O–H groups in total.